The van der Waals surface area contributed by atoms with Crippen molar-refractivity contribution in [3.05, 3.63) is 29.8 Å². The molecule has 1 atom stereocenters. The number of amides is 1. The first kappa shape index (κ1) is 16.0. The predicted octanol–water partition coefficient (Wildman–Crippen LogP) is 2.55. The van der Waals surface area contributed by atoms with E-state index in [1.165, 1.54) is 12.1 Å². The summed E-state index contributed by atoms with van der Waals surface area (Å²) in [5.41, 5.74) is 0.0901. The van der Waals surface area contributed by atoms with Crippen LogP contribution in [0.5, 0.6) is 5.75 Å². The van der Waals surface area contributed by atoms with Crippen LogP contribution in [-0.4, -0.2) is 28.1 Å². The van der Waals surface area contributed by atoms with E-state index in [2.05, 4.69) is 12.2 Å². The lowest BCUT2D eigenvalue weighted by atomic mass is 10.1. The Balaban J connectivity index is 2.59. The molecule has 0 radical (unpaired) electrons. The third-order valence-corrected chi connectivity index (χ3v) is 3.10. The van der Waals surface area contributed by atoms with Crippen LogP contribution < -0.4 is 5.32 Å². The number of nitrogens with one attached hydrogen (secondary N) is 1. The molecule has 0 heterocycles. The Kier molecular flexibility index (Phi) is 6.56. The van der Waals surface area contributed by atoms with E-state index in [-0.39, 0.29) is 11.3 Å². The highest BCUT2D eigenvalue weighted by Gasteiger charge is 2.21. The van der Waals surface area contributed by atoms with Gasteiger partial charge in [-0.2, -0.15) is 0 Å². The van der Waals surface area contributed by atoms with Crippen molar-refractivity contribution < 1.29 is 19.8 Å². The first-order chi connectivity index (χ1) is 9.56. The summed E-state index contributed by atoms with van der Waals surface area (Å²) in [5.74, 6) is -1.77. The minimum atomic E-state index is -1.05. The SMILES string of the molecule is CCCCCCC(NC(=O)c1ccccc1O)C(=O)O. The van der Waals surface area contributed by atoms with Crippen LogP contribution in [0.1, 0.15) is 49.4 Å². The first-order valence-corrected chi connectivity index (χ1v) is 6.88. The molecule has 0 saturated carbocycles. The highest BCUT2D eigenvalue weighted by molar-refractivity contribution is 5.98. The molecule has 3 N–H and O–H groups in total. The van der Waals surface area contributed by atoms with Gasteiger partial charge in [0.25, 0.3) is 5.91 Å². The number of carbonyl (C=O) groups excluding carboxylic acids is 1. The summed E-state index contributed by atoms with van der Waals surface area (Å²) in [7, 11) is 0. The number of unbranched alkanes of at least 4 members (excludes halogenated alkanes) is 3. The number of carboxylic acid groups (broad SMARTS) is 1. The topological polar surface area (TPSA) is 86.6 Å². The number of para-hydroxylation sites is 1. The van der Waals surface area contributed by atoms with E-state index in [9.17, 15) is 14.7 Å². The number of hydrogen-bond acceptors (Lipinski definition) is 3. The number of hydrogen-bond donors (Lipinski definition) is 3. The van der Waals surface area contributed by atoms with Crippen LogP contribution in [0, 0.1) is 0 Å². The van der Waals surface area contributed by atoms with Gasteiger partial charge >= 0.3 is 5.97 Å². The maximum Gasteiger partial charge on any atom is 0.326 e. The van der Waals surface area contributed by atoms with Crippen LogP contribution in [0.15, 0.2) is 24.3 Å². The molecule has 5 heteroatoms. The van der Waals surface area contributed by atoms with Crippen molar-refractivity contribution >= 4 is 11.9 Å². The van der Waals surface area contributed by atoms with E-state index in [0.29, 0.717) is 6.42 Å². The zero-order valence-corrected chi connectivity index (χ0v) is 11.6. The second-order valence-corrected chi connectivity index (χ2v) is 4.73. The smallest absolute Gasteiger partial charge is 0.326 e. The average Bonchev–Trinajstić information content (AvgIpc) is 2.42. The second-order valence-electron chi connectivity index (χ2n) is 4.73. The Morgan fingerprint density at radius 2 is 1.90 bits per heavy atom. The van der Waals surface area contributed by atoms with E-state index < -0.39 is 17.9 Å². The van der Waals surface area contributed by atoms with Gasteiger partial charge in [0, 0.05) is 0 Å². The molecule has 0 saturated heterocycles. The Bertz CT molecular complexity index is 459. The van der Waals surface area contributed by atoms with Crippen LogP contribution in [-0.2, 0) is 4.79 Å². The normalized spacial score (nSPS) is 11.8. The van der Waals surface area contributed by atoms with E-state index in [1.807, 2.05) is 0 Å². The molecule has 0 fully saturated rings. The van der Waals surface area contributed by atoms with Crippen LogP contribution in [0.4, 0.5) is 0 Å². The lowest BCUT2D eigenvalue weighted by Gasteiger charge is -2.14. The predicted molar refractivity (Wildman–Crippen MR) is 75.8 cm³/mol. The molecular weight excluding hydrogens is 258 g/mol. The summed E-state index contributed by atoms with van der Waals surface area (Å²) >= 11 is 0. The molecule has 5 nitrogen and oxygen atoms in total. The number of aliphatic carboxylic acids is 1. The molecule has 0 aromatic heterocycles. The van der Waals surface area contributed by atoms with Gasteiger partial charge in [0.05, 0.1) is 5.56 Å². The van der Waals surface area contributed by atoms with Crippen LogP contribution in [0.2, 0.25) is 0 Å². The molecule has 1 rings (SSSR count). The molecule has 1 unspecified atom stereocenters. The molecule has 1 amide bonds. The van der Waals surface area contributed by atoms with Crippen molar-refractivity contribution in [2.75, 3.05) is 0 Å². The van der Waals surface area contributed by atoms with Crippen molar-refractivity contribution in [2.24, 2.45) is 0 Å². The number of phenolic OH excluding ortho intramolecular Hbond substituents is 1. The minimum Gasteiger partial charge on any atom is -0.507 e. The van der Waals surface area contributed by atoms with Gasteiger partial charge in [-0.05, 0) is 18.6 Å². The summed E-state index contributed by atoms with van der Waals surface area (Å²) in [6.45, 7) is 2.08. The zero-order chi connectivity index (χ0) is 15.0. The molecule has 0 spiro atoms. The van der Waals surface area contributed by atoms with Gasteiger partial charge in [0.15, 0.2) is 0 Å². The molecule has 0 aliphatic rings. The zero-order valence-electron chi connectivity index (χ0n) is 11.6. The van der Waals surface area contributed by atoms with Crippen molar-refractivity contribution in [3.8, 4) is 5.75 Å². The van der Waals surface area contributed by atoms with Gasteiger partial charge in [-0.15, -0.1) is 0 Å². The standard InChI is InChI=1S/C15H21NO4/c1-2-3-4-5-9-12(15(19)20)16-14(18)11-8-6-7-10-13(11)17/h6-8,10,12,17H,2-5,9H2,1H3,(H,16,18)(H,19,20). The Hall–Kier alpha value is -2.04. The van der Waals surface area contributed by atoms with Crippen LogP contribution >= 0.6 is 0 Å². The lowest BCUT2D eigenvalue weighted by Crippen LogP contribution is -2.40. The molecule has 1 aromatic carbocycles. The van der Waals surface area contributed by atoms with Gasteiger partial charge in [0.2, 0.25) is 0 Å². The summed E-state index contributed by atoms with van der Waals surface area (Å²) < 4.78 is 0. The molecule has 0 aliphatic heterocycles. The summed E-state index contributed by atoms with van der Waals surface area (Å²) in [6, 6.07) is 5.16. The molecular formula is C15H21NO4. The summed E-state index contributed by atoms with van der Waals surface area (Å²) in [6.07, 6.45) is 4.23. The van der Waals surface area contributed by atoms with Crippen molar-refractivity contribution in [1.29, 1.82) is 0 Å². The van der Waals surface area contributed by atoms with E-state index in [1.54, 1.807) is 12.1 Å². The fraction of sp³-hybridized carbons (Fsp3) is 0.467. The number of phenols is 1. The van der Waals surface area contributed by atoms with Crippen molar-refractivity contribution in [1.82, 2.24) is 5.32 Å². The highest BCUT2D eigenvalue weighted by Crippen LogP contribution is 2.16. The van der Waals surface area contributed by atoms with Gasteiger partial charge < -0.3 is 15.5 Å². The number of benzene rings is 1. The minimum absolute atomic E-state index is 0.0901. The van der Waals surface area contributed by atoms with E-state index in [0.717, 1.165) is 25.7 Å². The van der Waals surface area contributed by atoms with Crippen LogP contribution in [0.25, 0.3) is 0 Å². The number of carbonyl (C=O) groups is 2. The first-order valence-electron chi connectivity index (χ1n) is 6.88. The molecule has 0 bridgehead atoms. The summed E-state index contributed by atoms with van der Waals surface area (Å²) in [4.78, 5) is 23.1. The third kappa shape index (κ3) is 4.91. The maximum atomic E-state index is 11.9. The number of carboxylic acids is 1. The highest BCUT2D eigenvalue weighted by atomic mass is 16.4. The van der Waals surface area contributed by atoms with Gasteiger partial charge in [-0.25, -0.2) is 4.79 Å². The fourth-order valence-electron chi connectivity index (χ4n) is 1.93. The van der Waals surface area contributed by atoms with Crippen LogP contribution in [0.3, 0.4) is 0 Å². The molecule has 20 heavy (non-hydrogen) atoms. The Labute approximate surface area is 118 Å². The quantitative estimate of drug-likeness (QED) is 0.638. The summed E-state index contributed by atoms with van der Waals surface area (Å²) in [5, 5.41) is 21.1. The average molecular weight is 279 g/mol. The Morgan fingerprint density at radius 1 is 1.20 bits per heavy atom. The van der Waals surface area contributed by atoms with Crippen molar-refractivity contribution in [3.63, 3.8) is 0 Å². The van der Waals surface area contributed by atoms with Gasteiger partial charge in [0.1, 0.15) is 11.8 Å². The Morgan fingerprint density at radius 3 is 2.50 bits per heavy atom. The van der Waals surface area contributed by atoms with Gasteiger partial charge in [-0.1, -0.05) is 44.7 Å². The second kappa shape index (κ2) is 8.19. The lowest BCUT2D eigenvalue weighted by molar-refractivity contribution is -0.139. The number of aromatic hydroxyl groups is 1. The van der Waals surface area contributed by atoms with E-state index in [4.69, 9.17) is 5.11 Å². The molecule has 1 aromatic rings. The fourth-order valence-corrected chi connectivity index (χ4v) is 1.93. The molecule has 0 aliphatic carbocycles. The van der Waals surface area contributed by atoms with Gasteiger partial charge in [-0.3, -0.25) is 4.79 Å². The molecule has 110 valence electrons. The number of rotatable bonds is 8. The monoisotopic (exact) mass is 279 g/mol. The third-order valence-electron chi connectivity index (χ3n) is 3.10. The van der Waals surface area contributed by atoms with Crippen molar-refractivity contribution in [2.45, 2.75) is 45.1 Å². The largest absolute Gasteiger partial charge is 0.507 e. The maximum absolute atomic E-state index is 11.9. The van der Waals surface area contributed by atoms with E-state index >= 15 is 0 Å².